The lowest BCUT2D eigenvalue weighted by atomic mass is 9.80. The highest BCUT2D eigenvalue weighted by Gasteiger charge is 2.24. The summed E-state index contributed by atoms with van der Waals surface area (Å²) in [5.74, 6) is 2.15. The smallest absolute Gasteiger partial charge is 0.239 e. The molecule has 0 spiro atoms. The molecule has 1 atom stereocenters. The largest absolute Gasteiger partial charge is 0.473 e. The highest BCUT2D eigenvalue weighted by atomic mass is 16.5. The van der Waals surface area contributed by atoms with Crippen LogP contribution in [0.5, 0.6) is 5.88 Å². The Balaban J connectivity index is 2.03. The van der Waals surface area contributed by atoms with Gasteiger partial charge in [-0.05, 0) is 51.7 Å². The Morgan fingerprint density at radius 1 is 1.33 bits per heavy atom. The third kappa shape index (κ3) is 3.06. The van der Waals surface area contributed by atoms with E-state index in [0.717, 1.165) is 11.7 Å². The molecular formula is C14H23N3O. The van der Waals surface area contributed by atoms with Crippen molar-refractivity contribution in [3.8, 4) is 5.88 Å². The fourth-order valence-corrected chi connectivity index (χ4v) is 2.14. The van der Waals surface area contributed by atoms with Crippen LogP contribution in [0.3, 0.4) is 0 Å². The Morgan fingerprint density at radius 2 is 2.06 bits per heavy atom. The van der Waals surface area contributed by atoms with Crippen molar-refractivity contribution in [2.75, 3.05) is 11.1 Å². The van der Waals surface area contributed by atoms with Crippen molar-refractivity contribution in [1.29, 1.82) is 0 Å². The van der Waals surface area contributed by atoms with Crippen molar-refractivity contribution in [2.24, 2.45) is 5.92 Å². The number of hydrogen-bond donors (Lipinski definition) is 2. The zero-order chi connectivity index (χ0) is 13.1. The van der Waals surface area contributed by atoms with Gasteiger partial charge in [-0.3, -0.25) is 0 Å². The molecule has 1 aliphatic carbocycles. The van der Waals surface area contributed by atoms with E-state index in [9.17, 15) is 0 Å². The minimum Gasteiger partial charge on any atom is -0.473 e. The number of nitrogens with one attached hydrogen (secondary N) is 1. The molecule has 3 N–H and O–H groups in total. The summed E-state index contributed by atoms with van der Waals surface area (Å²) in [4.78, 5) is 4.43. The van der Waals surface area contributed by atoms with Crippen LogP contribution in [0.1, 0.15) is 40.0 Å². The van der Waals surface area contributed by atoms with Gasteiger partial charge in [0.15, 0.2) is 0 Å². The second kappa shape index (κ2) is 5.46. The van der Waals surface area contributed by atoms with Crippen LogP contribution in [0, 0.1) is 5.92 Å². The van der Waals surface area contributed by atoms with Gasteiger partial charge < -0.3 is 15.8 Å². The summed E-state index contributed by atoms with van der Waals surface area (Å²) in [5, 5.41) is 3.44. The van der Waals surface area contributed by atoms with Crippen LogP contribution in [0.25, 0.3) is 0 Å². The van der Waals surface area contributed by atoms with Gasteiger partial charge in [0, 0.05) is 6.04 Å². The van der Waals surface area contributed by atoms with Crippen LogP contribution < -0.4 is 15.8 Å². The van der Waals surface area contributed by atoms with E-state index in [1.807, 2.05) is 26.0 Å². The molecule has 1 saturated carbocycles. The van der Waals surface area contributed by atoms with Crippen molar-refractivity contribution in [1.82, 2.24) is 4.98 Å². The van der Waals surface area contributed by atoms with Crippen LogP contribution >= 0.6 is 0 Å². The molecule has 0 radical (unpaired) electrons. The fraction of sp³-hybridized carbons (Fsp3) is 0.643. The topological polar surface area (TPSA) is 60.2 Å². The molecule has 18 heavy (non-hydrogen) atoms. The quantitative estimate of drug-likeness (QED) is 0.842. The van der Waals surface area contributed by atoms with Crippen molar-refractivity contribution in [3.05, 3.63) is 12.1 Å². The Kier molecular flexibility index (Phi) is 3.94. The molecule has 4 nitrogen and oxygen atoms in total. The molecule has 1 aliphatic rings. The number of hydrogen-bond acceptors (Lipinski definition) is 4. The maximum atomic E-state index is 5.85. The first-order valence-corrected chi connectivity index (χ1v) is 6.76. The summed E-state index contributed by atoms with van der Waals surface area (Å²) >= 11 is 0. The molecule has 1 unspecified atom stereocenters. The molecule has 4 heteroatoms. The van der Waals surface area contributed by atoms with Gasteiger partial charge in [0.25, 0.3) is 0 Å². The standard InChI is InChI=1S/C14H23N3O/c1-9(2)18-14-12(15)7-8-13(17-14)16-10(3)11-5-4-6-11/h7-11H,4-6,15H2,1-3H3,(H,16,17). The highest BCUT2D eigenvalue weighted by Crippen LogP contribution is 2.31. The predicted molar refractivity (Wildman–Crippen MR) is 74.8 cm³/mol. The molecule has 0 aliphatic heterocycles. The van der Waals surface area contributed by atoms with E-state index in [1.54, 1.807) is 0 Å². The lowest BCUT2D eigenvalue weighted by Crippen LogP contribution is -2.31. The molecule has 0 saturated heterocycles. The summed E-state index contributed by atoms with van der Waals surface area (Å²) in [6.07, 6.45) is 4.07. The van der Waals surface area contributed by atoms with Gasteiger partial charge in [0.2, 0.25) is 5.88 Å². The van der Waals surface area contributed by atoms with Crippen molar-refractivity contribution >= 4 is 11.5 Å². The number of anilines is 2. The number of ether oxygens (including phenoxy) is 1. The van der Waals surface area contributed by atoms with Gasteiger partial charge in [-0.15, -0.1) is 0 Å². The lowest BCUT2D eigenvalue weighted by Gasteiger charge is -2.32. The Labute approximate surface area is 109 Å². The number of nitrogens with zero attached hydrogens (tertiary/aromatic N) is 1. The van der Waals surface area contributed by atoms with Gasteiger partial charge in [0.05, 0.1) is 11.8 Å². The highest BCUT2D eigenvalue weighted by molar-refractivity contribution is 5.53. The second-order valence-corrected chi connectivity index (χ2v) is 5.38. The van der Waals surface area contributed by atoms with Crippen LogP contribution in [0.2, 0.25) is 0 Å². The molecule has 0 aromatic carbocycles. The summed E-state index contributed by atoms with van der Waals surface area (Å²) in [6.45, 7) is 6.15. The van der Waals surface area contributed by atoms with E-state index in [4.69, 9.17) is 10.5 Å². The normalized spacial score (nSPS) is 17.3. The number of aromatic nitrogens is 1. The average Bonchev–Trinajstić information content (AvgIpc) is 2.19. The first kappa shape index (κ1) is 13.0. The summed E-state index contributed by atoms with van der Waals surface area (Å²) in [7, 11) is 0. The lowest BCUT2D eigenvalue weighted by molar-refractivity contribution is 0.234. The Hall–Kier alpha value is -1.45. The third-order valence-electron chi connectivity index (χ3n) is 3.47. The molecular weight excluding hydrogens is 226 g/mol. The molecule has 1 heterocycles. The second-order valence-electron chi connectivity index (χ2n) is 5.38. The number of nitrogens with two attached hydrogens (primary N) is 1. The number of pyridine rings is 1. The SMILES string of the molecule is CC(C)Oc1nc(NC(C)C2CCC2)ccc1N. The number of rotatable bonds is 5. The van der Waals surface area contributed by atoms with E-state index in [-0.39, 0.29) is 6.10 Å². The zero-order valence-corrected chi connectivity index (χ0v) is 11.4. The Morgan fingerprint density at radius 3 is 2.61 bits per heavy atom. The molecule has 0 amide bonds. The maximum Gasteiger partial charge on any atom is 0.239 e. The van der Waals surface area contributed by atoms with Crippen molar-refractivity contribution < 1.29 is 4.74 Å². The average molecular weight is 249 g/mol. The molecule has 0 bridgehead atoms. The van der Waals surface area contributed by atoms with E-state index in [0.29, 0.717) is 17.6 Å². The van der Waals surface area contributed by atoms with Gasteiger partial charge in [-0.25, -0.2) is 0 Å². The van der Waals surface area contributed by atoms with Crippen molar-refractivity contribution in [2.45, 2.75) is 52.2 Å². The number of nitrogen functional groups attached to an aromatic ring is 1. The van der Waals surface area contributed by atoms with Gasteiger partial charge in [-0.1, -0.05) is 6.42 Å². The molecule has 1 fully saturated rings. The van der Waals surface area contributed by atoms with Crippen LogP contribution in [-0.2, 0) is 0 Å². The van der Waals surface area contributed by atoms with Crippen LogP contribution in [0.4, 0.5) is 11.5 Å². The monoisotopic (exact) mass is 249 g/mol. The molecule has 1 aromatic rings. The van der Waals surface area contributed by atoms with E-state index in [2.05, 4.69) is 17.2 Å². The Bertz CT molecular complexity index is 402. The van der Waals surface area contributed by atoms with Crippen LogP contribution in [0.15, 0.2) is 12.1 Å². The first-order chi connectivity index (χ1) is 8.56. The van der Waals surface area contributed by atoms with Gasteiger partial charge >= 0.3 is 0 Å². The van der Waals surface area contributed by atoms with E-state index >= 15 is 0 Å². The van der Waals surface area contributed by atoms with Crippen LogP contribution in [-0.4, -0.2) is 17.1 Å². The van der Waals surface area contributed by atoms with E-state index < -0.39 is 0 Å². The molecule has 2 rings (SSSR count). The summed E-state index contributed by atoms with van der Waals surface area (Å²) < 4.78 is 5.59. The molecule has 100 valence electrons. The fourth-order valence-electron chi connectivity index (χ4n) is 2.14. The van der Waals surface area contributed by atoms with Crippen molar-refractivity contribution in [3.63, 3.8) is 0 Å². The van der Waals surface area contributed by atoms with E-state index in [1.165, 1.54) is 19.3 Å². The van der Waals surface area contributed by atoms with Gasteiger partial charge in [-0.2, -0.15) is 4.98 Å². The zero-order valence-electron chi connectivity index (χ0n) is 11.4. The molecule has 1 aromatic heterocycles. The van der Waals surface area contributed by atoms with Gasteiger partial charge in [0.1, 0.15) is 5.82 Å². The maximum absolute atomic E-state index is 5.85. The minimum absolute atomic E-state index is 0.0825. The minimum atomic E-state index is 0.0825. The predicted octanol–water partition coefficient (Wildman–Crippen LogP) is 3.05. The first-order valence-electron chi connectivity index (χ1n) is 6.76. The summed E-state index contributed by atoms with van der Waals surface area (Å²) in [6, 6.07) is 4.22. The summed E-state index contributed by atoms with van der Waals surface area (Å²) in [5.41, 5.74) is 6.44. The third-order valence-corrected chi connectivity index (χ3v) is 3.47.